The molecule has 29 heavy (non-hydrogen) atoms. The van der Waals surface area contributed by atoms with Gasteiger partial charge in [0.25, 0.3) is 11.8 Å². The van der Waals surface area contributed by atoms with Gasteiger partial charge >= 0.3 is 0 Å². The van der Waals surface area contributed by atoms with Crippen LogP contribution in [0.2, 0.25) is 5.02 Å². The number of nitrogens with one attached hydrogen (secondary N) is 1. The van der Waals surface area contributed by atoms with E-state index in [1.54, 1.807) is 30.6 Å². The van der Waals surface area contributed by atoms with Gasteiger partial charge in [0.2, 0.25) is 0 Å². The molecule has 7 nitrogen and oxygen atoms in total. The zero-order chi connectivity index (χ0) is 20.4. The van der Waals surface area contributed by atoms with E-state index in [0.717, 1.165) is 18.4 Å². The molecule has 1 aliphatic rings. The van der Waals surface area contributed by atoms with Crippen LogP contribution in [0.4, 0.5) is 5.00 Å². The van der Waals surface area contributed by atoms with E-state index < -0.39 is 0 Å². The van der Waals surface area contributed by atoms with E-state index >= 15 is 0 Å². The molecule has 3 aromatic rings. The maximum absolute atomic E-state index is 13.1. The number of halogens is 1. The van der Waals surface area contributed by atoms with Crippen LogP contribution >= 0.6 is 22.9 Å². The van der Waals surface area contributed by atoms with Crippen molar-refractivity contribution >= 4 is 39.8 Å². The molecule has 1 N–H and O–H groups in total. The van der Waals surface area contributed by atoms with E-state index in [1.807, 2.05) is 22.6 Å². The largest absolute Gasteiger partial charge is 0.336 e. The summed E-state index contributed by atoms with van der Waals surface area (Å²) in [6.45, 7) is 3.19. The van der Waals surface area contributed by atoms with E-state index in [9.17, 15) is 9.59 Å². The average molecular weight is 430 g/mol. The molecule has 2 aromatic heterocycles. The first-order valence-corrected chi connectivity index (χ1v) is 10.5. The van der Waals surface area contributed by atoms with Gasteiger partial charge in [0.15, 0.2) is 0 Å². The molecule has 1 unspecified atom stereocenters. The Hall–Kier alpha value is -2.71. The molecular weight excluding hydrogens is 410 g/mol. The Kier molecular flexibility index (Phi) is 5.64. The number of aryl methyl sites for hydroxylation is 1. The zero-order valence-corrected chi connectivity index (χ0v) is 17.4. The summed E-state index contributed by atoms with van der Waals surface area (Å²) in [4.78, 5) is 32.1. The highest BCUT2D eigenvalue weighted by Crippen LogP contribution is 2.30. The van der Waals surface area contributed by atoms with Crippen LogP contribution in [0, 0.1) is 6.92 Å². The van der Waals surface area contributed by atoms with Crippen LogP contribution in [0.15, 0.2) is 43.0 Å². The maximum atomic E-state index is 13.1. The summed E-state index contributed by atoms with van der Waals surface area (Å²) in [5.74, 6) is -0.310. The number of aromatic nitrogens is 3. The Balaban J connectivity index is 1.48. The summed E-state index contributed by atoms with van der Waals surface area (Å²) < 4.78 is 1.82. The molecule has 4 rings (SSSR count). The number of nitrogens with zero attached hydrogens (tertiary/aromatic N) is 4. The number of carbonyl (C=O) groups is 2. The Morgan fingerprint density at radius 3 is 2.90 bits per heavy atom. The number of anilines is 1. The minimum absolute atomic E-state index is 0.0180. The highest BCUT2D eigenvalue weighted by molar-refractivity contribution is 7.18. The monoisotopic (exact) mass is 429 g/mol. The predicted molar refractivity (Wildman–Crippen MR) is 113 cm³/mol. The molecular formula is C20H20ClN5O2S. The Morgan fingerprint density at radius 1 is 1.31 bits per heavy atom. The van der Waals surface area contributed by atoms with Crippen LogP contribution in [0.5, 0.6) is 0 Å². The Morgan fingerprint density at radius 2 is 2.14 bits per heavy atom. The van der Waals surface area contributed by atoms with Crippen molar-refractivity contribution in [2.75, 3.05) is 18.4 Å². The third-order valence-corrected chi connectivity index (χ3v) is 6.43. The van der Waals surface area contributed by atoms with Gasteiger partial charge in [-0.2, -0.15) is 5.10 Å². The number of amides is 2. The molecule has 150 valence electrons. The standard InChI is InChI=1S/C20H20ClN5O2S/c1-13-9-17(24-19(27)15-6-2-3-7-16(15)21)29-18(13)20(28)25-8-4-5-14(10-25)26-12-22-11-23-26/h2-3,6-7,9,11-12,14H,4-5,8,10H2,1H3,(H,24,27). The molecule has 1 aliphatic heterocycles. The van der Waals surface area contributed by atoms with Crippen molar-refractivity contribution in [1.29, 1.82) is 0 Å². The van der Waals surface area contributed by atoms with Gasteiger partial charge in [-0.3, -0.25) is 9.59 Å². The smallest absolute Gasteiger partial charge is 0.264 e. The molecule has 9 heteroatoms. The summed E-state index contributed by atoms with van der Waals surface area (Å²) >= 11 is 7.39. The number of rotatable bonds is 4. The van der Waals surface area contributed by atoms with Crippen molar-refractivity contribution < 1.29 is 9.59 Å². The van der Waals surface area contributed by atoms with Crippen LogP contribution in [0.1, 0.15) is 44.5 Å². The molecule has 0 saturated carbocycles. The van der Waals surface area contributed by atoms with Crippen molar-refractivity contribution in [2.24, 2.45) is 0 Å². The number of carbonyl (C=O) groups excluding carboxylic acids is 2. The summed E-state index contributed by atoms with van der Waals surface area (Å²) in [7, 11) is 0. The van der Waals surface area contributed by atoms with E-state index in [0.29, 0.717) is 33.6 Å². The van der Waals surface area contributed by atoms with Crippen molar-refractivity contribution in [1.82, 2.24) is 19.7 Å². The van der Waals surface area contributed by atoms with Crippen molar-refractivity contribution in [3.05, 3.63) is 64.0 Å². The lowest BCUT2D eigenvalue weighted by atomic mass is 10.1. The van der Waals surface area contributed by atoms with E-state index in [2.05, 4.69) is 15.4 Å². The Labute approximate surface area is 177 Å². The number of hydrogen-bond donors (Lipinski definition) is 1. The first kappa shape index (κ1) is 19.6. The molecule has 1 fully saturated rings. The van der Waals surface area contributed by atoms with Crippen molar-refractivity contribution in [2.45, 2.75) is 25.8 Å². The lowest BCUT2D eigenvalue weighted by Crippen LogP contribution is -2.40. The number of thiophene rings is 1. The number of benzene rings is 1. The first-order valence-electron chi connectivity index (χ1n) is 9.32. The van der Waals surface area contributed by atoms with Crippen LogP contribution in [0.25, 0.3) is 0 Å². The van der Waals surface area contributed by atoms with Crippen LogP contribution in [-0.2, 0) is 0 Å². The predicted octanol–water partition coefficient (Wildman–Crippen LogP) is 4.03. The molecule has 1 atom stereocenters. The third kappa shape index (κ3) is 4.18. The third-order valence-electron chi connectivity index (χ3n) is 4.96. The lowest BCUT2D eigenvalue weighted by Gasteiger charge is -2.32. The fourth-order valence-corrected chi connectivity index (χ4v) is 4.74. The van der Waals surface area contributed by atoms with Gasteiger partial charge in [0.05, 0.1) is 26.5 Å². The van der Waals surface area contributed by atoms with E-state index in [-0.39, 0.29) is 17.9 Å². The van der Waals surface area contributed by atoms with Crippen LogP contribution in [-0.4, -0.2) is 44.6 Å². The van der Waals surface area contributed by atoms with Crippen LogP contribution < -0.4 is 5.32 Å². The topological polar surface area (TPSA) is 80.1 Å². The van der Waals surface area contributed by atoms with Gasteiger partial charge in [-0.25, -0.2) is 9.67 Å². The highest BCUT2D eigenvalue weighted by atomic mass is 35.5. The van der Waals surface area contributed by atoms with Gasteiger partial charge in [-0.05, 0) is 43.5 Å². The van der Waals surface area contributed by atoms with E-state index in [1.165, 1.54) is 17.7 Å². The molecule has 0 aliphatic carbocycles. The quantitative estimate of drug-likeness (QED) is 0.678. The second-order valence-electron chi connectivity index (χ2n) is 6.98. The Bertz CT molecular complexity index is 1030. The summed E-state index contributed by atoms with van der Waals surface area (Å²) in [5, 5.41) is 8.08. The highest BCUT2D eigenvalue weighted by Gasteiger charge is 2.28. The summed E-state index contributed by atoms with van der Waals surface area (Å²) in [6.07, 6.45) is 5.09. The molecule has 0 radical (unpaired) electrons. The SMILES string of the molecule is Cc1cc(NC(=O)c2ccccc2Cl)sc1C(=O)N1CCCC(n2cncn2)C1. The zero-order valence-electron chi connectivity index (χ0n) is 15.8. The number of piperidine rings is 1. The number of hydrogen-bond acceptors (Lipinski definition) is 5. The van der Waals surface area contributed by atoms with Crippen LogP contribution in [0.3, 0.4) is 0 Å². The minimum Gasteiger partial charge on any atom is -0.336 e. The summed E-state index contributed by atoms with van der Waals surface area (Å²) in [5.41, 5.74) is 1.25. The second-order valence-corrected chi connectivity index (χ2v) is 8.44. The second kappa shape index (κ2) is 8.34. The number of likely N-dealkylation sites (tertiary alicyclic amines) is 1. The average Bonchev–Trinajstić information content (AvgIpc) is 3.38. The fraction of sp³-hybridized carbons (Fsp3) is 0.300. The molecule has 1 saturated heterocycles. The molecule has 1 aromatic carbocycles. The summed E-state index contributed by atoms with van der Waals surface area (Å²) in [6, 6.07) is 8.84. The van der Waals surface area contributed by atoms with Crippen molar-refractivity contribution in [3.8, 4) is 0 Å². The van der Waals surface area contributed by atoms with Gasteiger partial charge in [-0.1, -0.05) is 23.7 Å². The fourth-order valence-electron chi connectivity index (χ4n) is 3.49. The van der Waals surface area contributed by atoms with Gasteiger partial charge in [-0.15, -0.1) is 11.3 Å². The molecule has 2 amide bonds. The molecule has 0 bridgehead atoms. The van der Waals surface area contributed by atoms with E-state index in [4.69, 9.17) is 11.6 Å². The minimum atomic E-state index is -0.292. The normalized spacial score (nSPS) is 16.6. The van der Waals surface area contributed by atoms with Gasteiger partial charge < -0.3 is 10.2 Å². The maximum Gasteiger partial charge on any atom is 0.264 e. The first-order chi connectivity index (χ1) is 14.0. The lowest BCUT2D eigenvalue weighted by molar-refractivity contribution is 0.0677. The van der Waals surface area contributed by atoms with Gasteiger partial charge in [0.1, 0.15) is 12.7 Å². The van der Waals surface area contributed by atoms with Gasteiger partial charge in [0, 0.05) is 13.1 Å². The molecule has 3 heterocycles. The van der Waals surface area contributed by atoms with Crippen molar-refractivity contribution in [3.63, 3.8) is 0 Å². The molecule has 0 spiro atoms.